The molecule has 3 heteroatoms. The van der Waals surface area contributed by atoms with Gasteiger partial charge >= 0.3 is 0 Å². The second-order valence-corrected chi connectivity index (χ2v) is 4.32. The van der Waals surface area contributed by atoms with Crippen LogP contribution < -0.4 is 5.32 Å². The predicted molar refractivity (Wildman–Crippen MR) is 68.7 cm³/mol. The monoisotopic (exact) mass is 221 g/mol. The van der Waals surface area contributed by atoms with Crippen LogP contribution in [0.25, 0.3) is 0 Å². The molecule has 1 aromatic heterocycles. The van der Waals surface area contributed by atoms with Crippen LogP contribution in [-0.2, 0) is 13.5 Å². The Bertz CT molecular complexity index is 352. The van der Waals surface area contributed by atoms with Gasteiger partial charge in [0.25, 0.3) is 0 Å². The van der Waals surface area contributed by atoms with Crippen LogP contribution in [0.15, 0.2) is 12.7 Å². The Morgan fingerprint density at radius 3 is 2.62 bits per heavy atom. The molecule has 0 aliphatic heterocycles. The smallest absolute Gasteiger partial charge is 0.0628 e. The molecule has 1 atom stereocenters. The Morgan fingerprint density at radius 2 is 2.19 bits per heavy atom. The Labute approximate surface area is 98.5 Å². The van der Waals surface area contributed by atoms with Crippen molar-refractivity contribution in [1.29, 1.82) is 0 Å². The highest BCUT2D eigenvalue weighted by molar-refractivity contribution is 5.24. The molecule has 1 rings (SSSR count). The van der Waals surface area contributed by atoms with Crippen LogP contribution >= 0.6 is 0 Å². The second kappa shape index (κ2) is 5.85. The molecule has 0 bridgehead atoms. The summed E-state index contributed by atoms with van der Waals surface area (Å²) in [5.74, 6) is 0. The van der Waals surface area contributed by atoms with Crippen LogP contribution in [0.2, 0.25) is 0 Å². The minimum Gasteiger partial charge on any atom is -0.317 e. The van der Waals surface area contributed by atoms with Gasteiger partial charge in [-0.15, -0.1) is 6.58 Å². The number of hydrogen-bond donors (Lipinski definition) is 1. The molecule has 0 amide bonds. The lowest BCUT2D eigenvalue weighted by atomic mass is 10.0. The quantitative estimate of drug-likeness (QED) is 0.746. The zero-order chi connectivity index (χ0) is 12.1. The molecule has 0 saturated carbocycles. The SMILES string of the molecule is C=CCC(CCc1c(C)nn(C)c1C)NC. The van der Waals surface area contributed by atoms with Crippen LogP contribution in [0.3, 0.4) is 0 Å². The van der Waals surface area contributed by atoms with Crippen molar-refractivity contribution in [2.75, 3.05) is 7.05 Å². The van der Waals surface area contributed by atoms with E-state index in [2.05, 4.69) is 30.8 Å². The largest absolute Gasteiger partial charge is 0.317 e. The molecule has 0 aliphatic rings. The van der Waals surface area contributed by atoms with E-state index in [9.17, 15) is 0 Å². The van der Waals surface area contributed by atoms with E-state index in [4.69, 9.17) is 0 Å². The molecular formula is C13H23N3. The van der Waals surface area contributed by atoms with E-state index in [0.717, 1.165) is 25.0 Å². The molecule has 1 unspecified atom stereocenters. The minimum atomic E-state index is 0.525. The molecule has 1 heterocycles. The maximum atomic E-state index is 4.44. The minimum absolute atomic E-state index is 0.525. The van der Waals surface area contributed by atoms with Crippen molar-refractivity contribution in [2.24, 2.45) is 7.05 Å². The zero-order valence-corrected chi connectivity index (χ0v) is 10.9. The first-order valence-corrected chi connectivity index (χ1v) is 5.87. The zero-order valence-electron chi connectivity index (χ0n) is 10.9. The first-order chi connectivity index (χ1) is 7.60. The molecular weight excluding hydrogens is 198 g/mol. The number of nitrogens with one attached hydrogen (secondary N) is 1. The Morgan fingerprint density at radius 1 is 1.50 bits per heavy atom. The molecule has 3 nitrogen and oxygen atoms in total. The van der Waals surface area contributed by atoms with Gasteiger partial charge in [-0.1, -0.05) is 6.08 Å². The van der Waals surface area contributed by atoms with Crippen molar-refractivity contribution in [1.82, 2.24) is 15.1 Å². The van der Waals surface area contributed by atoms with Crippen LogP contribution in [0.5, 0.6) is 0 Å². The molecule has 0 radical (unpaired) electrons. The van der Waals surface area contributed by atoms with Gasteiger partial charge in [0.2, 0.25) is 0 Å². The summed E-state index contributed by atoms with van der Waals surface area (Å²) in [5.41, 5.74) is 3.84. The molecule has 0 fully saturated rings. The highest BCUT2D eigenvalue weighted by Gasteiger charge is 2.11. The third-order valence-corrected chi connectivity index (χ3v) is 3.26. The van der Waals surface area contributed by atoms with Gasteiger partial charge in [-0.25, -0.2) is 0 Å². The van der Waals surface area contributed by atoms with E-state index in [1.165, 1.54) is 11.3 Å². The lowest BCUT2D eigenvalue weighted by molar-refractivity contribution is 0.527. The topological polar surface area (TPSA) is 29.9 Å². The lowest BCUT2D eigenvalue weighted by Gasteiger charge is -2.13. The van der Waals surface area contributed by atoms with Crippen LogP contribution in [0.4, 0.5) is 0 Å². The number of aryl methyl sites for hydroxylation is 2. The van der Waals surface area contributed by atoms with Crippen molar-refractivity contribution < 1.29 is 0 Å². The van der Waals surface area contributed by atoms with Crippen LogP contribution in [0, 0.1) is 13.8 Å². The van der Waals surface area contributed by atoms with Gasteiger partial charge < -0.3 is 5.32 Å². The Hall–Kier alpha value is -1.09. The van der Waals surface area contributed by atoms with E-state index < -0.39 is 0 Å². The van der Waals surface area contributed by atoms with Gasteiger partial charge in [-0.3, -0.25) is 4.68 Å². The molecule has 90 valence electrons. The maximum absolute atomic E-state index is 4.44. The highest BCUT2D eigenvalue weighted by atomic mass is 15.3. The third kappa shape index (κ3) is 2.95. The molecule has 0 saturated heterocycles. The van der Waals surface area contributed by atoms with E-state index in [1.54, 1.807) is 0 Å². The Balaban J connectivity index is 2.62. The van der Waals surface area contributed by atoms with E-state index in [0.29, 0.717) is 6.04 Å². The fourth-order valence-corrected chi connectivity index (χ4v) is 2.08. The number of aromatic nitrogens is 2. The third-order valence-electron chi connectivity index (χ3n) is 3.26. The first kappa shape index (κ1) is 13.0. The van der Waals surface area contributed by atoms with Gasteiger partial charge in [-0.05, 0) is 45.7 Å². The van der Waals surface area contributed by atoms with Crippen molar-refractivity contribution >= 4 is 0 Å². The summed E-state index contributed by atoms with van der Waals surface area (Å²) in [6, 6.07) is 0.525. The average molecular weight is 221 g/mol. The average Bonchev–Trinajstić information content (AvgIpc) is 2.49. The molecule has 0 aromatic carbocycles. The summed E-state index contributed by atoms with van der Waals surface area (Å²) >= 11 is 0. The van der Waals surface area contributed by atoms with Crippen molar-refractivity contribution in [3.05, 3.63) is 29.6 Å². The van der Waals surface area contributed by atoms with Crippen molar-refractivity contribution in [3.63, 3.8) is 0 Å². The number of nitrogens with zero attached hydrogens (tertiary/aromatic N) is 2. The van der Waals surface area contributed by atoms with Crippen LogP contribution in [0.1, 0.15) is 29.8 Å². The normalized spacial score (nSPS) is 12.8. The van der Waals surface area contributed by atoms with Crippen LogP contribution in [-0.4, -0.2) is 22.9 Å². The van der Waals surface area contributed by atoms with E-state index in [-0.39, 0.29) is 0 Å². The summed E-state index contributed by atoms with van der Waals surface area (Å²) in [5, 5.41) is 7.76. The van der Waals surface area contributed by atoms with Gasteiger partial charge in [0.15, 0.2) is 0 Å². The van der Waals surface area contributed by atoms with Gasteiger partial charge in [0, 0.05) is 18.8 Å². The summed E-state index contributed by atoms with van der Waals surface area (Å²) in [7, 11) is 4.02. The summed E-state index contributed by atoms with van der Waals surface area (Å²) < 4.78 is 1.96. The molecule has 0 spiro atoms. The standard InChI is InChI=1S/C13H23N3/c1-6-7-12(14-4)8-9-13-10(2)15-16(5)11(13)3/h6,12,14H,1,7-9H2,2-5H3. The van der Waals surface area contributed by atoms with Gasteiger partial charge in [0.05, 0.1) is 5.69 Å². The molecule has 1 N–H and O–H groups in total. The predicted octanol–water partition coefficient (Wildman–Crippen LogP) is 2.13. The number of rotatable bonds is 6. The Kier molecular flexibility index (Phi) is 4.74. The van der Waals surface area contributed by atoms with Gasteiger partial charge in [-0.2, -0.15) is 5.10 Å². The molecule has 0 aliphatic carbocycles. The summed E-state index contributed by atoms with van der Waals surface area (Å²) in [4.78, 5) is 0. The first-order valence-electron chi connectivity index (χ1n) is 5.87. The summed E-state index contributed by atoms with van der Waals surface area (Å²) in [6.07, 6.45) is 5.22. The van der Waals surface area contributed by atoms with Gasteiger partial charge in [0.1, 0.15) is 0 Å². The van der Waals surface area contributed by atoms with Crippen molar-refractivity contribution in [3.8, 4) is 0 Å². The maximum Gasteiger partial charge on any atom is 0.0628 e. The number of hydrogen-bond acceptors (Lipinski definition) is 2. The highest BCUT2D eigenvalue weighted by Crippen LogP contribution is 2.15. The fraction of sp³-hybridized carbons (Fsp3) is 0.615. The molecule has 16 heavy (non-hydrogen) atoms. The molecule has 1 aromatic rings. The summed E-state index contributed by atoms with van der Waals surface area (Å²) in [6.45, 7) is 8.01. The van der Waals surface area contributed by atoms with E-state index >= 15 is 0 Å². The van der Waals surface area contributed by atoms with E-state index in [1.807, 2.05) is 24.9 Å². The second-order valence-electron chi connectivity index (χ2n) is 4.32. The fourth-order valence-electron chi connectivity index (χ4n) is 2.08. The lowest BCUT2D eigenvalue weighted by Crippen LogP contribution is -2.25. The van der Waals surface area contributed by atoms with Crippen molar-refractivity contribution in [2.45, 2.75) is 39.2 Å².